The summed E-state index contributed by atoms with van der Waals surface area (Å²) in [5, 5.41) is 0. The molecule has 0 saturated heterocycles. The number of hydrogen-bond donors (Lipinski definition) is 2. The summed E-state index contributed by atoms with van der Waals surface area (Å²) in [7, 11) is 0. The fraction of sp³-hybridized carbons (Fsp3) is 0.647. The molecule has 0 heterocycles. The third-order valence-corrected chi connectivity index (χ3v) is 5.29. The molecule has 0 aromatic heterocycles. The second-order valence-electron chi connectivity index (χ2n) is 5.54. The van der Waals surface area contributed by atoms with Gasteiger partial charge in [0.25, 0.3) is 0 Å². The largest absolute Gasteiger partial charge is 0.271 e. The topological polar surface area (TPSA) is 38.0 Å². The molecule has 0 aliphatic carbocycles. The van der Waals surface area contributed by atoms with Gasteiger partial charge in [0.1, 0.15) is 0 Å². The van der Waals surface area contributed by atoms with Crippen molar-refractivity contribution < 1.29 is 0 Å². The van der Waals surface area contributed by atoms with Crippen LogP contribution in [0.4, 0.5) is 0 Å². The fourth-order valence-electron chi connectivity index (χ4n) is 2.32. The zero-order valence-electron chi connectivity index (χ0n) is 13.1. The summed E-state index contributed by atoms with van der Waals surface area (Å²) >= 11 is 5.38. The first-order chi connectivity index (χ1) is 10.3. The maximum absolute atomic E-state index is 5.67. The van der Waals surface area contributed by atoms with Crippen LogP contribution in [0, 0.1) is 0 Å². The van der Waals surface area contributed by atoms with Crippen LogP contribution in [0.15, 0.2) is 33.6 Å². The Labute approximate surface area is 142 Å². The quantitative estimate of drug-likeness (QED) is 0.219. The lowest BCUT2D eigenvalue weighted by molar-refractivity contribution is 0.492. The highest BCUT2D eigenvalue weighted by Crippen LogP contribution is 2.23. The van der Waals surface area contributed by atoms with Crippen LogP contribution < -0.4 is 11.3 Å². The molecule has 0 saturated carbocycles. The number of hydrogen-bond acceptors (Lipinski definition) is 3. The summed E-state index contributed by atoms with van der Waals surface area (Å²) in [6.07, 6.45) is 10.7. The second kappa shape index (κ2) is 12.5. The number of rotatable bonds is 12. The number of unbranched alkanes of at least 4 members (excludes halogenated alkanes) is 6. The van der Waals surface area contributed by atoms with E-state index in [9.17, 15) is 0 Å². The maximum atomic E-state index is 5.67. The van der Waals surface area contributed by atoms with Gasteiger partial charge >= 0.3 is 0 Å². The average molecular weight is 373 g/mol. The Morgan fingerprint density at radius 1 is 1.14 bits per heavy atom. The molecule has 1 unspecified atom stereocenters. The van der Waals surface area contributed by atoms with Crippen molar-refractivity contribution in [3.8, 4) is 0 Å². The summed E-state index contributed by atoms with van der Waals surface area (Å²) in [5.41, 5.74) is 2.97. The molecular weight excluding hydrogens is 344 g/mol. The summed E-state index contributed by atoms with van der Waals surface area (Å²) in [5.74, 6) is 6.71. The molecule has 0 bridgehead atoms. The molecule has 0 fully saturated rings. The van der Waals surface area contributed by atoms with Crippen molar-refractivity contribution in [1.82, 2.24) is 5.43 Å². The number of halogens is 1. The van der Waals surface area contributed by atoms with Crippen molar-refractivity contribution in [3.63, 3.8) is 0 Å². The molecule has 0 spiro atoms. The van der Waals surface area contributed by atoms with Gasteiger partial charge in [-0.05, 0) is 24.6 Å². The number of nitrogens with one attached hydrogen (secondary N) is 1. The van der Waals surface area contributed by atoms with Crippen LogP contribution in [0.2, 0.25) is 0 Å². The molecule has 1 aromatic carbocycles. The average Bonchev–Trinajstić information content (AvgIpc) is 2.49. The lowest BCUT2D eigenvalue weighted by Crippen LogP contribution is -2.36. The van der Waals surface area contributed by atoms with Crippen molar-refractivity contribution in [3.05, 3.63) is 28.7 Å². The van der Waals surface area contributed by atoms with Crippen LogP contribution in [0.1, 0.15) is 58.3 Å². The van der Waals surface area contributed by atoms with Crippen LogP contribution in [-0.4, -0.2) is 11.8 Å². The molecule has 4 heteroatoms. The molecule has 1 atom stereocenters. The van der Waals surface area contributed by atoms with Gasteiger partial charge in [-0.1, -0.05) is 73.9 Å². The first kappa shape index (κ1) is 19.0. The van der Waals surface area contributed by atoms with E-state index in [2.05, 4.69) is 52.5 Å². The molecule has 120 valence electrons. The van der Waals surface area contributed by atoms with Crippen molar-refractivity contribution >= 4 is 27.7 Å². The van der Waals surface area contributed by atoms with Crippen LogP contribution in [0.3, 0.4) is 0 Å². The monoisotopic (exact) mass is 372 g/mol. The van der Waals surface area contributed by atoms with Crippen molar-refractivity contribution in [2.24, 2.45) is 5.84 Å². The summed E-state index contributed by atoms with van der Waals surface area (Å²) < 4.78 is 1.14. The predicted octanol–water partition coefficient (Wildman–Crippen LogP) is 5.51. The van der Waals surface area contributed by atoms with E-state index in [0.717, 1.165) is 10.2 Å². The lowest BCUT2D eigenvalue weighted by atomic mass is 10.1. The smallest absolute Gasteiger partial charge is 0.0304 e. The predicted molar refractivity (Wildman–Crippen MR) is 98.6 cm³/mol. The van der Waals surface area contributed by atoms with Gasteiger partial charge in [0.05, 0.1) is 0 Å². The Kier molecular flexibility index (Phi) is 11.3. The van der Waals surface area contributed by atoms with Crippen molar-refractivity contribution in [1.29, 1.82) is 0 Å². The molecule has 0 aliphatic rings. The molecular formula is C17H29BrN2S. The third-order valence-electron chi connectivity index (χ3n) is 3.64. The minimum atomic E-state index is 0.407. The molecule has 0 radical (unpaired) electrons. The van der Waals surface area contributed by atoms with Gasteiger partial charge < -0.3 is 0 Å². The molecule has 1 aromatic rings. The zero-order chi connectivity index (χ0) is 15.3. The van der Waals surface area contributed by atoms with Gasteiger partial charge in [-0.3, -0.25) is 11.3 Å². The van der Waals surface area contributed by atoms with Gasteiger partial charge in [-0.15, -0.1) is 11.8 Å². The van der Waals surface area contributed by atoms with Gasteiger partial charge in [0.2, 0.25) is 0 Å². The van der Waals surface area contributed by atoms with Crippen LogP contribution in [0.25, 0.3) is 0 Å². The third kappa shape index (κ3) is 9.56. The number of nitrogens with two attached hydrogens (primary N) is 1. The highest BCUT2D eigenvalue weighted by molar-refractivity contribution is 9.10. The number of thioether (sulfide) groups is 1. The summed E-state index contributed by atoms with van der Waals surface area (Å²) in [4.78, 5) is 1.30. The molecule has 21 heavy (non-hydrogen) atoms. The van der Waals surface area contributed by atoms with E-state index in [1.54, 1.807) is 0 Å². The number of hydrazine groups is 1. The van der Waals surface area contributed by atoms with E-state index in [1.165, 1.54) is 56.3 Å². The van der Waals surface area contributed by atoms with Crippen LogP contribution >= 0.6 is 27.7 Å². The van der Waals surface area contributed by atoms with E-state index in [0.29, 0.717) is 6.04 Å². The molecule has 0 aliphatic heterocycles. The Hall–Kier alpha value is -0.0300. The molecule has 0 amide bonds. The normalized spacial score (nSPS) is 12.5. The maximum Gasteiger partial charge on any atom is 0.0304 e. The second-order valence-corrected chi connectivity index (χ2v) is 7.55. The minimum Gasteiger partial charge on any atom is -0.271 e. The van der Waals surface area contributed by atoms with Crippen LogP contribution in [0.5, 0.6) is 0 Å². The van der Waals surface area contributed by atoms with E-state index < -0.39 is 0 Å². The highest BCUT2D eigenvalue weighted by atomic mass is 79.9. The molecule has 3 N–H and O–H groups in total. The minimum absolute atomic E-state index is 0.407. The standard InChI is InChI=1S/C17H29BrN2S/c1-2-3-4-5-6-7-8-11-16(20-19)14-21-17-12-9-10-15(18)13-17/h9-10,12-13,16,20H,2-8,11,14,19H2,1H3. The first-order valence-corrected chi connectivity index (χ1v) is 9.88. The number of benzene rings is 1. The molecule has 1 rings (SSSR count). The van der Waals surface area contributed by atoms with E-state index in [1.807, 2.05) is 11.8 Å². The van der Waals surface area contributed by atoms with Gasteiger partial charge in [0, 0.05) is 21.2 Å². The van der Waals surface area contributed by atoms with Crippen molar-refractivity contribution in [2.75, 3.05) is 5.75 Å². The Balaban J connectivity index is 2.11. The van der Waals surface area contributed by atoms with E-state index in [-0.39, 0.29) is 0 Å². The first-order valence-electron chi connectivity index (χ1n) is 8.10. The fourth-order valence-corrected chi connectivity index (χ4v) is 3.91. The van der Waals surface area contributed by atoms with E-state index in [4.69, 9.17) is 5.84 Å². The van der Waals surface area contributed by atoms with Gasteiger partial charge in [-0.2, -0.15) is 0 Å². The van der Waals surface area contributed by atoms with Gasteiger partial charge in [0.15, 0.2) is 0 Å². The van der Waals surface area contributed by atoms with Crippen molar-refractivity contribution in [2.45, 2.75) is 69.2 Å². The SMILES string of the molecule is CCCCCCCCCC(CSc1cccc(Br)c1)NN. The Bertz CT molecular complexity index is 374. The Morgan fingerprint density at radius 2 is 1.86 bits per heavy atom. The Morgan fingerprint density at radius 3 is 2.52 bits per heavy atom. The lowest BCUT2D eigenvalue weighted by Gasteiger charge is -2.15. The van der Waals surface area contributed by atoms with E-state index >= 15 is 0 Å². The highest BCUT2D eigenvalue weighted by Gasteiger charge is 2.07. The summed E-state index contributed by atoms with van der Waals surface area (Å²) in [6.45, 7) is 2.26. The zero-order valence-corrected chi connectivity index (χ0v) is 15.5. The molecule has 2 nitrogen and oxygen atoms in total. The van der Waals surface area contributed by atoms with Crippen LogP contribution in [-0.2, 0) is 0 Å². The van der Waals surface area contributed by atoms with Gasteiger partial charge in [-0.25, -0.2) is 0 Å². The summed E-state index contributed by atoms with van der Waals surface area (Å²) in [6, 6.07) is 8.85.